The molecule has 1 aliphatic rings. The lowest BCUT2D eigenvalue weighted by atomic mass is 9.95. The SMILES string of the molecule is Cc1cc(C#CCO)ccc1Nc1nc(NC2CCCCC2)c2[nH]cnc2n1. The van der Waals surface area contributed by atoms with Gasteiger partial charge in [-0.25, -0.2) is 4.98 Å². The molecule has 2 heterocycles. The average Bonchev–Trinajstić information content (AvgIpc) is 3.18. The first kappa shape index (κ1) is 18.3. The third-order valence-electron chi connectivity index (χ3n) is 5.02. The van der Waals surface area contributed by atoms with Crippen molar-refractivity contribution in [2.24, 2.45) is 0 Å². The van der Waals surface area contributed by atoms with Crippen molar-refractivity contribution in [2.45, 2.75) is 45.1 Å². The first-order chi connectivity index (χ1) is 13.7. The van der Waals surface area contributed by atoms with E-state index in [2.05, 4.69) is 37.4 Å². The lowest BCUT2D eigenvalue weighted by Crippen LogP contribution is -2.23. The number of hydrogen-bond acceptors (Lipinski definition) is 6. The molecule has 0 radical (unpaired) electrons. The lowest BCUT2D eigenvalue weighted by molar-refractivity contribution is 0.350. The van der Waals surface area contributed by atoms with E-state index in [1.165, 1.54) is 19.3 Å². The maximum Gasteiger partial charge on any atom is 0.231 e. The zero-order chi connectivity index (χ0) is 19.3. The smallest absolute Gasteiger partial charge is 0.231 e. The van der Waals surface area contributed by atoms with Crippen LogP contribution in [0.5, 0.6) is 0 Å². The summed E-state index contributed by atoms with van der Waals surface area (Å²) < 4.78 is 0. The summed E-state index contributed by atoms with van der Waals surface area (Å²) in [7, 11) is 0. The highest BCUT2D eigenvalue weighted by molar-refractivity contribution is 5.84. The number of imidazole rings is 1. The van der Waals surface area contributed by atoms with Gasteiger partial charge in [0.2, 0.25) is 5.95 Å². The number of H-pyrrole nitrogens is 1. The highest BCUT2D eigenvalue weighted by Crippen LogP contribution is 2.26. The van der Waals surface area contributed by atoms with Crippen LogP contribution in [0.15, 0.2) is 24.5 Å². The summed E-state index contributed by atoms with van der Waals surface area (Å²) in [4.78, 5) is 16.7. The van der Waals surface area contributed by atoms with Gasteiger partial charge in [0, 0.05) is 17.3 Å². The minimum atomic E-state index is -0.145. The molecule has 7 heteroatoms. The van der Waals surface area contributed by atoms with Gasteiger partial charge >= 0.3 is 0 Å². The second-order valence-electron chi connectivity index (χ2n) is 7.09. The molecule has 1 saturated carbocycles. The Morgan fingerprint density at radius 3 is 2.86 bits per heavy atom. The monoisotopic (exact) mass is 376 g/mol. The van der Waals surface area contributed by atoms with E-state index >= 15 is 0 Å². The molecular weight excluding hydrogens is 352 g/mol. The van der Waals surface area contributed by atoms with Gasteiger partial charge in [-0.05, 0) is 43.5 Å². The van der Waals surface area contributed by atoms with E-state index < -0.39 is 0 Å². The summed E-state index contributed by atoms with van der Waals surface area (Å²) in [5.41, 5.74) is 4.27. The molecule has 3 aromatic rings. The molecule has 28 heavy (non-hydrogen) atoms. The van der Waals surface area contributed by atoms with Crippen LogP contribution in [-0.2, 0) is 0 Å². The van der Waals surface area contributed by atoms with Gasteiger partial charge < -0.3 is 20.7 Å². The Kier molecular flexibility index (Phi) is 5.40. The first-order valence-electron chi connectivity index (χ1n) is 9.68. The summed E-state index contributed by atoms with van der Waals surface area (Å²) in [6.45, 7) is 1.86. The van der Waals surface area contributed by atoms with Crippen molar-refractivity contribution in [1.29, 1.82) is 0 Å². The number of nitrogens with one attached hydrogen (secondary N) is 3. The number of aromatic amines is 1. The fourth-order valence-electron chi connectivity index (χ4n) is 3.58. The number of hydrogen-bond donors (Lipinski definition) is 4. The van der Waals surface area contributed by atoms with Crippen molar-refractivity contribution in [3.05, 3.63) is 35.7 Å². The van der Waals surface area contributed by atoms with Crippen LogP contribution in [0.3, 0.4) is 0 Å². The van der Waals surface area contributed by atoms with Gasteiger partial charge in [0.25, 0.3) is 0 Å². The average molecular weight is 376 g/mol. The van der Waals surface area contributed by atoms with Gasteiger partial charge in [-0.2, -0.15) is 9.97 Å². The van der Waals surface area contributed by atoms with Crippen molar-refractivity contribution in [3.63, 3.8) is 0 Å². The number of nitrogens with zero attached hydrogens (tertiary/aromatic N) is 3. The highest BCUT2D eigenvalue weighted by Gasteiger charge is 2.17. The molecule has 4 rings (SSSR count). The minimum absolute atomic E-state index is 0.145. The number of anilines is 3. The van der Waals surface area contributed by atoms with Crippen molar-refractivity contribution in [1.82, 2.24) is 19.9 Å². The predicted molar refractivity (Wildman–Crippen MR) is 111 cm³/mol. The Labute approximate surface area is 164 Å². The van der Waals surface area contributed by atoms with E-state index in [4.69, 9.17) is 10.1 Å². The summed E-state index contributed by atoms with van der Waals surface area (Å²) in [5, 5.41) is 15.7. The zero-order valence-electron chi connectivity index (χ0n) is 15.9. The van der Waals surface area contributed by atoms with Crippen LogP contribution in [0, 0.1) is 18.8 Å². The molecular formula is C21H24N6O. The van der Waals surface area contributed by atoms with Crippen molar-refractivity contribution >= 4 is 28.6 Å². The number of aliphatic hydroxyl groups excluding tert-OH is 1. The number of aliphatic hydroxyl groups is 1. The third kappa shape index (κ3) is 4.07. The van der Waals surface area contributed by atoms with Gasteiger partial charge in [0.1, 0.15) is 12.1 Å². The van der Waals surface area contributed by atoms with E-state index in [1.54, 1.807) is 6.33 Å². The Hall–Kier alpha value is -3.11. The lowest BCUT2D eigenvalue weighted by Gasteiger charge is -2.23. The normalized spacial score (nSPS) is 14.5. The maximum atomic E-state index is 8.84. The molecule has 1 aromatic carbocycles. The fraction of sp³-hybridized carbons (Fsp3) is 0.381. The summed E-state index contributed by atoms with van der Waals surface area (Å²) in [6, 6.07) is 6.27. The number of benzene rings is 1. The van der Waals surface area contributed by atoms with E-state index in [0.717, 1.165) is 41.0 Å². The van der Waals surface area contributed by atoms with Crippen LogP contribution in [0.25, 0.3) is 11.2 Å². The fourth-order valence-corrected chi connectivity index (χ4v) is 3.58. The molecule has 144 valence electrons. The molecule has 7 nitrogen and oxygen atoms in total. The quantitative estimate of drug-likeness (QED) is 0.520. The van der Waals surface area contributed by atoms with E-state index in [1.807, 2.05) is 25.1 Å². The Morgan fingerprint density at radius 1 is 1.21 bits per heavy atom. The van der Waals surface area contributed by atoms with Crippen LogP contribution in [0.2, 0.25) is 0 Å². The molecule has 0 amide bonds. The molecule has 1 aliphatic carbocycles. The largest absolute Gasteiger partial charge is 0.384 e. The second kappa shape index (κ2) is 8.28. The minimum Gasteiger partial charge on any atom is -0.384 e. The highest BCUT2D eigenvalue weighted by atomic mass is 16.2. The predicted octanol–water partition coefficient (Wildman–Crippen LogP) is 3.49. The molecule has 1 fully saturated rings. The Morgan fingerprint density at radius 2 is 2.07 bits per heavy atom. The first-order valence-corrected chi connectivity index (χ1v) is 9.68. The van der Waals surface area contributed by atoms with Gasteiger partial charge in [-0.3, -0.25) is 0 Å². The molecule has 0 atom stereocenters. The molecule has 0 saturated heterocycles. The summed E-state index contributed by atoms with van der Waals surface area (Å²) in [5.74, 6) is 6.88. The van der Waals surface area contributed by atoms with E-state index in [-0.39, 0.29) is 6.61 Å². The number of aryl methyl sites for hydroxylation is 1. The molecule has 2 aromatic heterocycles. The van der Waals surface area contributed by atoms with E-state index in [0.29, 0.717) is 17.6 Å². The summed E-state index contributed by atoms with van der Waals surface area (Å²) in [6.07, 6.45) is 7.80. The number of fused-ring (bicyclic) bond motifs is 1. The van der Waals surface area contributed by atoms with Gasteiger partial charge in [0.05, 0.1) is 6.33 Å². The number of aromatic nitrogens is 4. The molecule has 0 aliphatic heterocycles. The molecule has 0 unspecified atom stereocenters. The van der Waals surface area contributed by atoms with Crippen LogP contribution >= 0.6 is 0 Å². The Balaban J connectivity index is 1.60. The van der Waals surface area contributed by atoms with Gasteiger partial charge in [-0.1, -0.05) is 31.1 Å². The van der Waals surface area contributed by atoms with Crippen molar-refractivity contribution < 1.29 is 5.11 Å². The second-order valence-corrected chi connectivity index (χ2v) is 7.09. The van der Waals surface area contributed by atoms with Gasteiger partial charge in [0.15, 0.2) is 11.5 Å². The van der Waals surface area contributed by atoms with Crippen LogP contribution in [0.1, 0.15) is 43.2 Å². The molecule has 4 N–H and O–H groups in total. The van der Waals surface area contributed by atoms with Crippen LogP contribution in [0.4, 0.5) is 17.5 Å². The maximum absolute atomic E-state index is 8.84. The zero-order valence-corrected chi connectivity index (χ0v) is 15.9. The molecule has 0 spiro atoms. The van der Waals surface area contributed by atoms with Crippen molar-refractivity contribution in [3.8, 4) is 11.8 Å². The third-order valence-corrected chi connectivity index (χ3v) is 5.02. The van der Waals surface area contributed by atoms with E-state index in [9.17, 15) is 0 Å². The van der Waals surface area contributed by atoms with Crippen LogP contribution < -0.4 is 10.6 Å². The Bertz CT molecular complexity index is 1030. The van der Waals surface area contributed by atoms with Crippen molar-refractivity contribution in [2.75, 3.05) is 17.2 Å². The number of rotatable bonds is 4. The van der Waals surface area contributed by atoms with Crippen LogP contribution in [-0.4, -0.2) is 37.7 Å². The molecule has 0 bridgehead atoms. The standard InChI is InChI=1S/C21H24N6O/c1-14-12-15(6-5-11-28)9-10-17(14)25-21-26-19-18(22-13-23-19)20(27-21)24-16-7-3-2-4-8-16/h9-10,12-13,16,28H,2-4,7-8,11H2,1H3,(H3,22,23,24,25,26,27). The van der Waals surface area contributed by atoms with Gasteiger partial charge in [-0.15, -0.1) is 0 Å². The summed E-state index contributed by atoms with van der Waals surface area (Å²) >= 11 is 0. The topological polar surface area (TPSA) is 98.8 Å².